The average Bonchev–Trinajstić information content (AvgIpc) is 2.67. The molecule has 0 bridgehead atoms. The number of carbonyl (C=O) groups excluding carboxylic acids is 1. The highest BCUT2D eigenvalue weighted by Crippen LogP contribution is 2.26. The molecule has 0 saturated heterocycles. The summed E-state index contributed by atoms with van der Waals surface area (Å²) in [5.74, 6) is 1.78. The molecule has 3 N–H and O–H groups in total. The maximum absolute atomic E-state index is 12.0. The van der Waals surface area contributed by atoms with E-state index in [1.807, 2.05) is 12.3 Å². The number of halogens is 1. The van der Waals surface area contributed by atoms with Crippen molar-refractivity contribution in [3.8, 4) is 11.5 Å². The zero-order valence-electron chi connectivity index (χ0n) is 15.2. The van der Waals surface area contributed by atoms with Gasteiger partial charge in [-0.05, 0) is 60.9 Å². The Balaban J connectivity index is 0.00000280. The van der Waals surface area contributed by atoms with Crippen LogP contribution in [-0.2, 0) is 4.79 Å². The molecule has 3 aromatic rings. The molecule has 0 radical (unpaired) electrons. The number of amides is 1. The Labute approximate surface area is 172 Å². The first kappa shape index (κ1) is 21.8. The number of hydrogen-bond donors (Lipinski definition) is 2. The topological polar surface area (TPSA) is 94.6 Å². The lowest BCUT2D eigenvalue weighted by atomic mass is 10.2. The van der Waals surface area contributed by atoms with Crippen LogP contribution < -0.4 is 21.4 Å². The molecule has 8 heteroatoms. The number of ether oxygens (including phenoxy) is 1. The molecule has 3 rings (SSSR count). The van der Waals surface area contributed by atoms with Gasteiger partial charge in [-0.25, -0.2) is 4.79 Å². The third kappa shape index (κ3) is 5.76. The first-order valence-electron chi connectivity index (χ1n) is 8.42. The molecule has 0 aliphatic carbocycles. The summed E-state index contributed by atoms with van der Waals surface area (Å²) in [5.41, 5.74) is 6.56. The number of thioether (sulfide) groups is 1. The van der Waals surface area contributed by atoms with Crippen LogP contribution in [0.4, 0.5) is 5.69 Å². The largest absolute Gasteiger partial charge is 0.457 e. The standard InChI is InChI=1S/C20H20N2O4S.ClH/c1-27-11-10-17(21)20(24)22-14-4-7-15(8-5-14)25-16-6-2-13-3-9-19(23)26-18(13)12-16;/h2-9,12,17H,10-11,21H2,1H3,(H,22,24);1H. The summed E-state index contributed by atoms with van der Waals surface area (Å²) in [6.07, 6.45) is 2.61. The first-order valence-corrected chi connectivity index (χ1v) is 9.82. The Morgan fingerprint density at radius 1 is 1.14 bits per heavy atom. The normalized spacial score (nSPS) is 11.5. The number of anilines is 1. The van der Waals surface area contributed by atoms with Crippen molar-refractivity contribution in [2.24, 2.45) is 5.73 Å². The van der Waals surface area contributed by atoms with Crippen molar-refractivity contribution in [1.82, 2.24) is 0 Å². The van der Waals surface area contributed by atoms with E-state index < -0.39 is 11.7 Å². The number of fused-ring (bicyclic) bond motifs is 1. The second-order valence-electron chi connectivity index (χ2n) is 5.96. The fourth-order valence-corrected chi connectivity index (χ4v) is 2.95. The maximum atomic E-state index is 12.0. The summed E-state index contributed by atoms with van der Waals surface area (Å²) in [6, 6.07) is 14.8. The Morgan fingerprint density at radius 3 is 2.54 bits per heavy atom. The molecule has 2 aromatic carbocycles. The van der Waals surface area contributed by atoms with Crippen LogP contribution in [0.15, 0.2) is 63.8 Å². The van der Waals surface area contributed by atoms with Crippen molar-refractivity contribution in [3.63, 3.8) is 0 Å². The van der Waals surface area contributed by atoms with Crippen LogP contribution in [0.25, 0.3) is 11.0 Å². The van der Waals surface area contributed by atoms with E-state index in [4.69, 9.17) is 14.9 Å². The van der Waals surface area contributed by atoms with Crippen LogP contribution >= 0.6 is 24.2 Å². The molecule has 1 atom stereocenters. The van der Waals surface area contributed by atoms with Crippen LogP contribution in [0.2, 0.25) is 0 Å². The van der Waals surface area contributed by atoms with Crippen molar-refractivity contribution < 1.29 is 13.9 Å². The molecule has 28 heavy (non-hydrogen) atoms. The summed E-state index contributed by atoms with van der Waals surface area (Å²) < 4.78 is 10.9. The number of carbonyl (C=O) groups is 1. The third-order valence-corrected chi connectivity index (χ3v) is 4.57. The molecule has 0 aliphatic rings. The lowest BCUT2D eigenvalue weighted by molar-refractivity contribution is -0.117. The van der Waals surface area contributed by atoms with Gasteiger partial charge in [-0.2, -0.15) is 11.8 Å². The smallest absolute Gasteiger partial charge is 0.336 e. The SMILES string of the molecule is CSCCC(N)C(=O)Nc1ccc(Oc2ccc3ccc(=O)oc3c2)cc1.Cl. The van der Waals surface area contributed by atoms with Gasteiger partial charge in [0.05, 0.1) is 6.04 Å². The molecule has 1 aromatic heterocycles. The zero-order chi connectivity index (χ0) is 19.2. The number of nitrogens with two attached hydrogens (primary N) is 1. The number of hydrogen-bond acceptors (Lipinski definition) is 6. The Morgan fingerprint density at radius 2 is 1.82 bits per heavy atom. The highest BCUT2D eigenvalue weighted by Gasteiger charge is 2.13. The van der Waals surface area contributed by atoms with Gasteiger partial charge in [-0.3, -0.25) is 4.79 Å². The predicted octanol–water partition coefficient (Wildman–Crippen LogP) is 4.03. The van der Waals surface area contributed by atoms with E-state index in [0.717, 1.165) is 11.1 Å². The van der Waals surface area contributed by atoms with E-state index in [9.17, 15) is 9.59 Å². The van der Waals surface area contributed by atoms with Crippen LogP contribution in [0, 0.1) is 0 Å². The summed E-state index contributed by atoms with van der Waals surface area (Å²) >= 11 is 1.66. The fraction of sp³-hybridized carbons (Fsp3) is 0.200. The lowest BCUT2D eigenvalue weighted by Gasteiger charge is -2.12. The van der Waals surface area contributed by atoms with E-state index in [1.54, 1.807) is 54.2 Å². The van der Waals surface area contributed by atoms with Crippen LogP contribution in [0.3, 0.4) is 0 Å². The molecule has 6 nitrogen and oxygen atoms in total. The van der Waals surface area contributed by atoms with Crippen molar-refractivity contribution in [2.75, 3.05) is 17.3 Å². The zero-order valence-corrected chi connectivity index (χ0v) is 16.8. The number of benzene rings is 2. The summed E-state index contributed by atoms with van der Waals surface area (Å²) in [4.78, 5) is 23.4. The highest BCUT2D eigenvalue weighted by molar-refractivity contribution is 7.98. The average molecular weight is 421 g/mol. The Bertz CT molecular complexity index is 991. The van der Waals surface area contributed by atoms with Crippen molar-refractivity contribution >= 4 is 46.7 Å². The third-order valence-electron chi connectivity index (χ3n) is 3.92. The van der Waals surface area contributed by atoms with Gasteiger partial charge in [0.25, 0.3) is 0 Å². The van der Waals surface area contributed by atoms with Gasteiger partial charge in [0, 0.05) is 23.2 Å². The van der Waals surface area contributed by atoms with Gasteiger partial charge in [0.1, 0.15) is 17.1 Å². The Hall–Kier alpha value is -2.48. The Kier molecular flexibility index (Phi) is 7.92. The molecule has 0 spiro atoms. The minimum Gasteiger partial charge on any atom is -0.457 e. The van der Waals surface area contributed by atoms with E-state index in [1.165, 1.54) is 6.07 Å². The van der Waals surface area contributed by atoms with Gasteiger partial charge < -0.3 is 20.2 Å². The fourth-order valence-electron chi connectivity index (χ4n) is 2.46. The van der Waals surface area contributed by atoms with Crippen molar-refractivity contribution in [3.05, 3.63) is 65.0 Å². The molecular weight excluding hydrogens is 400 g/mol. The van der Waals surface area contributed by atoms with Crippen LogP contribution in [0.5, 0.6) is 11.5 Å². The van der Waals surface area contributed by atoms with Crippen LogP contribution in [-0.4, -0.2) is 24.0 Å². The second-order valence-corrected chi connectivity index (χ2v) is 6.94. The van der Waals surface area contributed by atoms with E-state index >= 15 is 0 Å². The molecule has 1 unspecified atom stereocenters. The minimum atomic E-state index is -0.527. The summed E-state index contributed by atoms with van der Waals surface area (Å²) in [6.45, 7) is 0. The predicted molar refractivity (Wildman–Crippen MR) is 116 cm³/mol. The van der Waals surface area contributed by atoms with Crippen molar-refractivity contribution in [2.45, 2.75) is 12.5 Å². The van der Waals surface area contributed by atoms with Gasteiger partial charge in [0.2, 0.25) is 5.91 Å². The molecular formula is C20H21ClN2O4S. The molecule has 1 heterocycles. The van der Waals surface area contributed by atoms with Gasteiger partial charge >= 0.3 is 5.63 Å². The molecule has 0 aliphatic heterocycles. The van der Waals surface area contributed by atoms with Crippen molar-refractivity contribution in [1.29, 1.82) is 0 Å². The van der Waals surface area contributed by atoms with Gasteiger partial charge in [0.15, 0.2) is 0 Å². The van der Waals surface area contributed by atoms with E-state index in [0.29, 0.717) is 29.2 Å². The van der Waals surface area contributed by atoms with Gasteiger partial charge in [-0.15, -0.1) is 12.4 Å². The summed E-state index contributed by atoms with van der Waals surface area (Å²) in [7, 11) is 0. The number of rotatable bonds is 7. The minimum absolute atomic E-state index is 0. The second kappa shape index (κ2) is 10.2. The first-order chi connectivity index (χ1) is 13.0. The number of nitrogens with one attached hydrogen (secondary N) is 1. The highest BCUT2D eigenvalue weighted by atomic mass is 35.5. The summed E-state index contributed by atoms with van der Waals surface area (Å²) in [5, 5.41) is 3.61. The molecule has 1 amide bonds. The monoisotopic (exact) mass is 420 g/mol. The maximum Gasteiger partial charge on any atom is 0.336 e. The van der Waals surface area contributed by atoms with Crippen LogP contribution in [0.1, 0.15) is 6.42 Å². The molecule has 0 fully saturated rings. The lowest BCUT2D eigenvalue weighted by Crippen LogP contribution is -2.36. The quantitative estimate of drug-likeness (QED) is 0.560. The van der Waals surface area contributed by atoms with Gasteiger partial charge in [-0.1, -0.05) is 0 Å². The molecule has 0 saturated carbocycles. The van der Waals surface area contributed by atoms with E-state index in [2.05, 4.69) is 5.32 Å². The molecule has 148 valence electrons. The van der Waals surface area contributed by atoms with E-state index in [-0.39, 0.29) is 18.3 Å².